The summed E-state index contributed by atoms with van der Waals surface area (Å²) in [5.74, 6) is -0.918. The number of nitrogens with one attached hydrogen (secondary N) is 1. The molecule has 2 N–H and O–H groups in total. The van der Waals surface area contributed by atoms with Crippen molar-refractivity contribution in [2.75, 3.05) is 6.54 Å². The first-order valence-corrected chi connectivity index (χ1v) is 7.04. The summed E-state index contributed by atoms with van der Waals surface area (Å²) in [6.07, 6.45) is 2.44. The van der Waals surface area contributed by atoms with E-state index in [0.717, 1.165) is 24.2 Å². The van der Waals surface area contributed by atoms with Crippen LogP contribution in [-0.4, -0.2) is 59.0 Å². The van der Waals surface area contributed by atoms with Crippen LogP contribution in [-0.2, 0) is 23.8 Å². The Labute approximate surface area is 120 Å². The first-order chi connectivity index (χ1) is 10.0. The second-order valence-electron chi connectivity index (χ2n) is 5.77. The maximum Gasteiger partial charge on any atom is 0.377 e. The quantitative estimate of drug-likeness (QED) is 0.679. The van der Waals surface area contributed by atoms with E-state index in [2.05, 4.69) is 5.32 Å². The summed E-state index contributed by atoms with van der Waals surface area (Å²) in [7, 11) is 0. The summed E-state index contributed by atoms with van der Waals surface area (Å²) < 4.78 is 16.9. The molecule has 1 aliphatic carbocycles. The van der Waals surface area contributed by atoms with Gasteiger partial charge in [0.05, 0.1) is 18.3 Å². The second kappa shape index (κ2) is 4.51. The SMILES string of the molecule is O=C(CN1C(=O)C=CC1O)NC12OC3CC(CC(C3)O1)O2. The fourth-order valence-electron chi connectivity index (χ4n) is 3.32. The molecule has 3 saturated heterocycles. The lowest BCUT2D eigenvalue weighted by Crippen LogP contribution is -2.69. The summed E-state index contributed by atoms with van der Waals surface area (Å²) >= 11 is 0. The predicted molar refractivity (Wildman–Crippen MR) is 66.2 cm³/mol. The van der Waals surface area contributed by atoms with Gasteiger partial charge in [-0.05, 0) is 6.08 Å². The fraction of sp³-hybridized carbons (Fsp3) is 0.692. The predicted octanol–water partition coefficient (Wildman–Crippen LogP) is -1.20. The highest BCUT2D eigenvalue weighted by Crippen LogP contribution is 2.43. The first-order valence-electron chi connectivity index (χ1n) is 7.04. The molecule has 114 valence electrons. The molecule has 5 rings (SSSR count). The molecule has 8 nitrogen and oxygen atoms in total. The topological polar surface area (TPSA) is 97.3 Å². The second-order valence-corrected chi connectivity index (χ2v) is 5.77. The molecule has 4 bridgehead atoms. The molecule has 5 aliphatic rings. The first kappa shape index (κ1) is 13.2. The van der Waals surface area contributed by atoms with Crippen molar-refractivity contribution < 1.29 is 28.9 Å². The molecule has 4 fully saturated rings. The largest absolute Gasteiger partial charge is 0.377 e. The molecule has 0 radical (unpaired) electrons. The number of carbonyl (C=O) groups is 2. The highest BCUT2D eigenvalue weighted by molar-refractivity contribution is 5.93. The zero-order chi connectivity index (χ0) is 14.6. The van der Waals surface area contributed by atoms with Crippen LogP contribution < -0.4 is 5.32 Å². The zero-order valence-corrected chi connectivity index (χ0v) is 11.2. The van der Waals surface area contributed by atoms with E-state index in [1.54, 1.807) is 0 Å². The van der Waals surface area contributed by atoms with Gasteiger partial charge in [0, 0.05) is 25.3 Å². The Morgan fingerprint density at radius 2 is 1.86 bits per heavy atom. The molecule has 4 heterocycles. The summed E-state index contributed by atoms with van der Waals surface area (Å²) in [6, 6.07) is 0. The summed E-state index contributed by atoms with van der Waals surface area (Å²) in [6.45, 7) is -0.287. The van der Waals surface area contributed by atoms with Crippen molar-refractivity contribution >= 4 is 11.8 Å². The smallest absolute Gasteiger partial charge is 0.370 e. The number of ether oxygens (including phenoxy) is 3. The van der Waals surface area contributed by atoms with E-state index in [1.165, 1.54) is 12.2 Å². The molecule has 1 unspecified atom stereocenters. The maximum absolute atomic E-state index is 12.1. The van der Waals surface area contributed by atoms with Gasteiger partial charge in [0.25, 0.3) is 0 Å². The van der Waals surface area contributed by atoms with E-state index < -0.39 is 24.1 Å². The van der Waals surface area contributed by atoms with Gasteiger partial charge in [0.1, 0.15) is 12.8 Å². The molecule has 0 spiro atoms. The molecule has 8 heteroatoms. The number of amides is 2. The van der Waals surface area contributed by atoms with Gasteiger partial charge < -0.3 is 24.2 Å². The van der Waals surface area contributed by atoms with E-state index in [9.17, 15) is 14.7 Å². The Hall–Kier alpha value is -1.48. The lowest BCUT2D eigenvalue weighted by molar-refractivity contribution is -0.501. The van der Waals surface area contributed by atoms with Gasteiger partial charge in [-0.1, -0.05) is 0 Å². The number of hydrogen-bond donors (Lipinski definition) is 2. The third kappa shape index (κ3) is 2.24. The summed E-state index contributed by atoms with van der Waals surface area (Å²) in [5.41, 5.74) is 0. The van der Waals surface area contributed by atoms with Gasteiger partial charge >= 0.3 is 6.10 Å². The van der Waals surface area contributed by atoms with Crippen molar-refractivity contribution in [1.29, 1.82) is 0 Å². The van der Waals surface area contributed by atoms with Gasteiger partial charge in [0.2, 0.25) is 11.8 Å². The Balaban J connectivity index is 1.42. The maximum atomic E-state index is 12.1. The van der Waals surface area contributed by atoms with Gasteiger partial charge in [-0.2, -0.15) is 0 Å². The van der Waals surface area contributed by atoms with Crippen LogP contribution in [0.4, 0.5) is 0 Å². The minimum Gasteiger partial charge on any atom is -0.370 e. The molecule has 2 amide bonds. The molecular weight excluding hydrogens is 280 g/mol. The van der Waals surface area contributed by atoms with Crippen molar-refractivity contribution in [1.82, 2.24) is 10.2 Å². The van der Waals surface area contributed by atoms with Crippen LogP contribution in [0.1, 0.15) is 19.3 Å². The van der Waals surface area contributed by atoms with Gasteiger partial charge in [-0.3, -0.25) is 14.9 Å². The van der Waals surface area contributed by atoms with Crippen LogP contribution in [0.3, 0.4) is 0 Å². The highest BCUT2D eigenvalue weighted by Gasteiger charge is 2.56. The van der Waals surface area contributed by atoms with E-state index in [4.69, 9.17) is 14.2 Å². The van der Waals surface area contributed by atoms with Crippen LogP contribution >= 0.6 is 0 Å². The van der Waals surface area contributed by atoms with Gasteiger partial charge in [0.15, 0.2) is 0 Å². The third-order valence-electron chi connectivity index (χ3n) is 4.16. The van der Waals surface area contributed by atoms with Crippen molar-refractivity contribution in [2.45, 2.75) is 49.9 Å². The molecule has 0 aromatic carbocycles. The Morgan fingerprint density at radius 3 is 2.33 bits per heavy atom. The zero-order valence-electron chi connectivity index (χ0n) is 11.2. The Kier molecular flexibility index (Phi) is 2.83. The fourth-order valence-corrected chi connectivity index (χ4v) is 3.32. The summed E-state index contributed by atoms with van der Waals surface area (Å²) in [4.78, 5) is 24.6. The van der Waals surface area contributed by atoms with Crippen LogP contribution in [0.25, 0.3) is 0 Å². The molecule has 4 aliphatic heterocycles. The number of rotatable bonds is 3. The van der Waals surface area contributed by atoms with Crippen molar-refractivity contribution in [3.8, 4) is 0 Å². The average Bonchev–Trinajstić information content (AvgIpc) is 2.68. The molecular formula is C13H16N2O6. The van der Waals surface area contributed by atoms with Crippen molar-refractivity contribution in [3.63, 3.8) is 0 Å². The normalized spacial score (nSPS) is 43.7. The number of aliphatic hydroxyl groups excluding tert-OH is 1. The standard InChI is InChI=1S/C13H16N2O6/c16-10(6-15-11(17)1-2-12(15)18)14-13-19-7-3-8(20-13)5-9(4-7)21-13/h1-2,7-9,11,17H,3-6H2,(H,14,16). The van der Waals surface area contributed by atoms with E-state index in [1.807, 2.05) is 0 Å². The van der Waals surface area contributed by atoms with E-state index in [0.29, 0.717) is 0 Å². The van der Waals surface area contributed by atoms with Crippen LogP contribution in [0, 0.1) is 0 Å². The Morgan fingerprint density at radius 1 is 1.29 bits per heavy atom. The number of nitrogens with zero attached hydrogens (tertiary/aromatic N) is 1. The molecule has 21 heavy (non-hydrogen) atoms. The number of aliphatic hydroxyl groups is 1. The average molecular weight is 296 g/mol. The molecule has 0 aromatic heterocycles. The van der Waals surface area contributed by atoms with Crippen molar-refractivity contribution in [3.05, 3.63) is 12.2 Å². The van der Waals surface area contributed by atoms with Gasteiger partial charge in [-0.25, -0.2) is 0 Å². The van der Waals surface area contributed by atoms with Crippen LogP contribution in [0.2, 0.25) is 0 Å². The lowest BCUT2D eigenvalue weighted by atomic mass is 9.90. The number of carbonyl (C=O) groups excluding carboxylic acids is 2. The van der Waals surface area contributed by atoms with Crippen molar-refractivity contribution in [2.24, 2.45) is 0 Å². The highest BCUT2D eigenvalue weighted by atomic mass is 16.9. The molecule has 1 saturated carbocycles. The molecule has 1 atom stereocenters. The third-order valence-corrected chi connectivity index (χ3v) is 4.16. The van der Waals surface area contributed by atoms with Crippen LogP contribution in [0.5, 0.6) is 0 Å². The Bertz CT molecular complexity index is 484. The van der Waals surface area contributed by atoms with E-state index >= 15 is 0 Å². The summed E-state index contributed by atoms with van der Waals surface area (Å²) in [5, 5.41) is 12.1. The minimum absolute atomic E-state index is 0.0252. The minimum atomic E-state index is -1.53. The number of hydrogen-bond acceptors (Lipinski definition) is 6. The van der Waals surface area contributed by atoms with Crippen LogP contribution in [0.15, 0.2) is 12.2 Å². The molecule has 0 aromatic rings. The lowest BCUT2D eigenvalue weighted by Gasteiger charge is -2.54. The van der Waals surface area contributed by atoms with Gasteiger partial charge in [-0.15, -0.1) is 0 Å². The van der Waals surface area contributed by atoms with E-state index in [-0.39, 0.29) is 24.9 Å². The monoisotopic (exact) mass is 296 g/mol.